The van der Waals surface area contributed by atoms with Crippen LogP contribution in [0.25, 0.3) is 0 Å². The topological polar surface area (TPSA) is 96.3 Å². The van der Waals surface area contributed by atoms with E-state index in [1.165, 1.54) is 12.5 Å². The molecule has 1 aromatic heterocycles. The lowest BCUT2D eigenvalue weighted by Crippen LogP contribution is -2.41. The standard InChI is InChI=1S/C11H16N4O3/c1-3-8(2)14-11(18)12-4-5-15-6-9(10(16)17)13-7-15/h3,6-8H,1,4-5H2,2H3,(H,16,17)(H2,12,14,18). The van der Waals surface area contributed by atoms with E-state index >= 15 is 0 Å². The van der Waals surface area contributed by atoms with E-state index in [0.717, 1.165) is 0 Å². The molecule has 0 aliphatic heterocycles. The van der Waals surface area contributed by atoms with E-state index < -0.39 is 5.97 Å². The Hall–Kier alpha value is -2.31. The number of urea groups is 1. The Balaban J connectivity index is 2.30. The van der Waals surface area contributed by atoms with E-state index in [0.29, 0.717) is 13.1 Å². The van der Waals surface area contributed by atoms with Gasteiger partial charge in [0.2, 0.25) is 0 Å². The first-order valence-corrected chi connectivity index (χ1v) is 5.45. The number of hydrogen-bond acceptors (Lipinski definition) is 3. The van der Waals surface area contributed by atoms with Crippen LogP contribution in [0.5, 0.6) is 0 Å². The number of rotatable bonds is 6. The van der Waals surface area contributed by atoms with Crippen LogP contribution in [0.3, 0.4) is 0 Å². The number of aromatic carboxylic acids is 1. The van der Waals surface area contributed by atoms with Crippen LogP contribution in [-0.4, -0.2) is 39.2 Å². The number of carboxylic acid groups (broad SMARTS) is 1. The molecule has 98 valence electrons. The minimum absolute atomic E-state index is 0.0141. The second-order valence-electron chi connectivity index (χ2n) is 3.73. The normalized spacial score (nSPS) is 11.6. The smallest absolute Gasteiger partial charge is 0.356 e. The van der Waals surface area contributed by atoms with Gasteiger partial charge in [0, 0.05) is 25.3 Å². The van der Waals surface area contributed by atoms with E-state index in [2.05, 4.69) is 22.2 Å². The number of carbonyl (C=O) groups is 2. The summed E-state index contributed by atoms with van der Waals surface area (Å²) < 4.78 is 1.60. The maximum Gasteiger partial charge on any atom is 0.356 e. The fraction of sp³-hybridized carbons (Fsp3) is 0.364. The summed E-state index contributed by atoms with van der Waals surface area (Å²) in [6.07, 6.45) is 4.44. The van der Waals surface area contributed by atoms with Crippen molar-refractivity contribution in [2.24, 2.45) is 0 Å². The summed E-state index contributed by atoms with van der Waals surface area (Å²) in [5.74, 6) is -1.07. The molecule has 3 N–H and O–H groups in total. The zero-order valence-corrected chi connectivity index (χ0v) is 10.1. The van der Waals surface area contributed by atoms with E-state index in [-0.39, 0.29) is 17.8 Å². The summed E-state index contributed by atoms with van der Waals surface area (Å²) >= 11 is 0. The molecule has 1 rings (SSSR count). The molecule has 0 saturated carbocycles. The zero-order chi connectivity index (χ0) is 13.5. The molecule has 0 bridgehead atoms. The molecule has 18 heavy (non-hydrogen) atoms. The van der Waals surface area contributed by atoms with Gasteiger partial charge in [0.05, 0.1) is 6.33 Å². The summed E-state index contributed by atoms with van der Waals surface area (Å²) in [4.78, 5) is 25.6. The van der Waals surface area contributed by atoms with Gasteiger partial charge >= 0.3 is 12.0 Å². The largest absolute Gasteiger partial charge is 0.476 e. The highest BCUT2D eigenvalue weighted by Gasteiger charge is 2.06. The molecule has 7 heteroatoms. The Kier molecular flexibility index (Phi) is 4.91. The molecule has 0 fully saturated rings. The number of nitrogens with zero attached hydrogens (tertiary/aromatic N) is 2. The number of nitrogens with one attached hydrogen (secondary N) is 2. The lowest BCUT2D eigenvalue weighted by Gasteiger charge is -2.10. The van der Waals surface area contributed by atoms with Gasteiger partial charge in [-0.15, -0.1) is 6.58 Å². The van der Waals surface area contributed by atoms with Gasteiger partial charge in [-0.2, -0.15) is 0 Å². The lowest BCUT2D eigenvalue weighted by atomic mass is 10.3. The molecule has 2 amide bonds. The third-order valence-corrected chi connectivity index (χ3v) is 2.22. The van der Waals surface area contributed by atoms with Crippen molar-refractivity contribution in [2.75, 3.05) is 6.54 Å². The molecule has 1 atom stereocenters. The first-order chi connectivity index (χ1) is 8.52. The average Bonchev–Trinajstić information content (AvgIpc) is 2.77. The molecular weight excluding hydrogens is 236 g/mol. The summed E-state index contributed by atoms with van der Waals surface area (Å²) in [5, 5.41) is 14.0. The fourth-order valence-electron chi connectivity index (χ4n) is 1.21. The van der Waals surface area contributed by atoms with Crippen molar-refractivity contribution in [3.05, 3.63) is 30.9 Å². The molecule has 1 unspecified atom stereocenters. The van der Waals surface area contributed by atoms with Gasteiger partial charge in [-0.05, 0) is 6.92 Å². The maximum absolute atomic E-state index is 11.3. The lowest BCUT2D eigenvalue weighted by molar-refractivity contribution is 0.0691. The molecule has 1 aromatic rings. The molecule has 0 spiro atoms. The van der Waals surface area contributed by atoms with Crippen LogP contribution in [0.2, 0.25) is 0 Å². The first kappa shape index (κ1) is 13.8. The van der Waals surface area contributed by atoms with Gasteiger partial charge in [-0.25, -0.2) is 14.6 Å². The second-order valence-corrected chi connectivity index (χ2v) is 3.73. The zero-order valence-electron chi connectivity index (χ0n) is 10.1. The van der Waals surface area contributed by atoms with E-state index in [4.69, 9.17) is 5.11 Å². The first-order valence-electron chi connectivity index (χ1n) is 5.45. The quantitative estimate of drug-likeness (QED) is 0.641. The number of carboxylic acids is 1. The van der Waals surface area contributed by atoms with Gasteiger partial charge in [-0.1, -0.05) is 6.08 Å². The maximum atomic E-state index is 11.3. The van der Waals surface area contributed by atoms with Crippen LogP contribution in [0, 0.1) is 0 Å². The molecule has 7 nitrogen and oxygen atoms in total. The van der Waals surface area contributed by atoms with Crippen molar-refractivity contribution in [1.29, 1.82) is 0 Å². The van der Waals surface area contributed by atoms with Crippen LogP contribution >= 0.6 is 0 Å². The van der Waals surface area contributed by atoms with Crippen molar-refractivity contribution >= 4 is 12.0 Å². The number of hydrogen-bond donors (Lipinski definition) is 3. The van der Waals surface area contributed by atoms with Crippen molar-refractivity contribution in [3.8, 4) is 0 Å². The Morgan fingerprint density at radius 3 is 2.94 bits per heavy atom. The summed E-state index contributed by atoms with van der Waals surface area (Å²) in [5.41, 5.74) is -0.0141. The summed E-state index contributed by atoms with van der Waals surface area (Å²) in [7, 11) is 0. The van der Waals surface area contributed by atoms with E-state index in [1.807, 2.05) is 6.92 Å². The van der Waals surface area contributed by atoms with Crippen molar-refractivity contribution in [2.45, 2.75) is 19.5 Å². The Bertz CT molecular complexity index is 441. The summed E-state index contributed by atoms with van der Waals surface area (Å²) in [6, 6.07) is -0.391. The van der Waals surface area contributed by atoms with Crippen molar-refractivity contribution in [3.63, 3.8) is 0 Å². The SMILES string of the molecule is C=CC(C)NC(=O)NCCn1cnc(C(=O)O)c1. The highest BCUT2D eigenvalue weighted by molar-refractivity contribution is 5.84. The highest BCUT2D eigenvalue weighted by Crippen LogP contribution is 1.95. The van der Waals surface area contributed by atoms with Gasteiger partial charge in [0.25, 0.3) is 0 Å². The number of carbonyl (C=O) groups excluding carboxylic acids is 1. The van der Waals surface area contributed by atoms with Crippen LogP contribution < -0.4 is 10.6 Å². The molecule has 0 saturated heterocycles. The minimum Gasteiger partial charge on any atom is -0.476 e. The van der Waals surface area contributed by atoms with Gasteiger partial charge in [-0.3, -0.25) is 0 Å². The predicted octanol–water partition coefficient (Wildman–Crippen LogP) is 0.455. The highest BCUT2D eigenvalue weighted by atomic mass is 16.4. The fourth-order valence-corrected chi connectivity index (χ4v) is 1.21. The Labute approximate surface area is 105 Å². The van der Waals surface area contributed by atoms with Crippen molar-refractivity contribution in [1.82, 2.24) is 20.2 Å². The second kappa shape index (κ2) is 6.43. The molecular formula is C11H16N4O3. The van der Waals surface area contributed by atoms with Gasteiger partial charge in [0.15, 0.2) is 5.69 Å². The summed E-state index contributed by atoms with van der Waals surface area (Å²) in [6.45, 7) is 6.19. The number of amides is 2. The third kappa shape index (κ3) is 4.28. The average molecular weight is 252 g/mol. The van der Waals surface area contributed by atoms with Crippen molar-refractivity contribution < 1.29 is 14.7 Å². The van der Waals surface area contributed by atoms with Crippen LogP contribution in [0.4, 0.5) is 4.79 Å². The predicted molar refractivity (Wildman–Crippen MR) is 65.4 cm³/mol. The molecule has 0 aliphatic rings. The molecule has 0 radical (unpaired) electrons. The van der Waals surface area contributed by atoms with Crippen LogP contribution in [0.15, 0.2) is 25.2 Å². The number of imidazole rings is 1. The minimum atomic E-state index is -1.07. The third-order valence-electron chi connectivity index (χ3n) is 2.22. The van der Waals surface area contributed by atoms with Crippen LogP contribution in [-0.2, 0) is 6.54 Å². The molecule has 1 heterocycles. The van der Waals surface area contributed by atoms with E-state index in [1.54, 1.807) is 10.6 Å². The molecule has 0 aromatic carbocycles. The van der Waals surface area contributed by atoms with Gasteiger partial charge in [0.1, 0.15) is 0 Å². The monoisotopic (exact) mass is 252 g/mol. The molecule has 0 aliphatic carbocycles. The number of aromatic nitrogens is 2. The van der Waals surface area contributed by atoms with Gasteiger partial charge < -0.3 is 20.3 Å². The Morgan fingerprint density at radius 2 is 2.39 bits per heavy atom. The van der Waals surface area contributed by atoms with Crippen LogP contribution in [0.1, 0.15) is 17.4 Å². The van der Waals surface area contributed by atoms with E-state index in [9.17, 15) is 9.59 Å². The Morgan fingerprint density at radius 1 is 1.67 bits per heavy atom.